The number of urea groups is 1. The lowest BCUT2D eigenvalue weighted by Crippen LogP contribution is -2.35. The topological polar surface area (TPSA) is 63.2 Å². The number of amides is 2. The summed E-state index contributed by atoms with van der Waals surface area (Å²) in [4.78, 5) is 15.9. The third-order valence-corrected chi connectivity index (χ3v) is 3.61. The van der Waals surface area contributed by atoms with Gasteiger partial charge >= 0.3 is 6.03 Å². The molecule has 1 aromatic carbocycles. The van der Waals surface area contributed by atoms with Gasteiger partial charge in [0.2, 0.25) is 0 Å². The Morgan fingerprint density at radius 3 is 3.16 bits per heavy atom. The number of carbonyl (C=O) groups excluding carboxylic acids is 1. The fraction of sp³-hybridized carbons (Fsp3) is 0.231. The van der Waals surface area contributed by atoms with Crippen LogP contribution >= 0.6 is 11.3 Å². The van der Waals surface area contributed by atoms with Crippen LogP contribution in [0.25, 0.3) is 0 Å². The van der Waals surface area contributed by atoms with E-state index in [0.29, 0.717) is 11.7 Å². The van der Waals surface area contributed by atoms with Crippen molar-refractivity contribution in [2.24, 2.45) is 0 Å². The molecule has 98 valence electrons. The zero-order chi connectivity index (χ0) is 13.1. The molecule has 1 aromatic heterocycles. The summed E-state index contributed by atoms with van der Waals surface area (Å²) in [6, 6.07) is 7.50. The molecule has 3 rings (SSSR count). The third-order valence-electron chi connectivity index (χ3n) is 2.92. The number of nitrogens with one attached hydrogen (secondary N) is 2. The second-order valence-corrected chi connectivity index (χ2v) is 5.06. The smallest absolute Gasteiger partial charge is 0.321 e. The largest absolute Gasteiger partial charge is 0.493 e. The van der Waals surface area contributed by atoms with Gasteiger partial charge in [-0.2, -0.15) is 0 Å². The highest BCUT2D eigenvalue weighted by Gasteiger charge is 2.22. The van der Waals surface area contributed by atoms with Crippen LogP contribution in [0, 0.1) is 0 Å². The van der Waals surface area contributed by atoms with Crippen molar-refractivity contribution in [3.05, 3.63) is 41.4 Å². The van der Waals surface area contributed by atoms with Crippen molar-refractivity contribution >= 4 is 22.5 Å². The predicted molar refractivity (Wildman–Crippen MR) is 73.6 cm³/mol. The minimum atomic E-state index is -0.239. The molecule has 0 aliphatic carbocycles. The van der Waals surface area contributed by atoms with Gasteiger partial charge in [0, 0.05) is 23.6 Å². The summed E-state index contributed by atoms with van der Waals surface area (Å²) in [6.07, 6.45) is 2.42. The number of aromatic nitrogens is 1. The molecule has 0 saturated carbocycles. The molecule has 1 aliphatic rings. The molecule has 1 atom stereocenters. The average Bonchev–Trinajstić information content (AvgIpc) is 2.92. The molecule has 5 nitrogen and oxygen atoms in total. The molecule has 0 fully saturated rings. The normalized spacial score (nSPS) is 17.2. The second-order valence-electron chi connectivity index (χ2n) is 4.16. The molecule has 2 heterocycles. The number of hydrogen-bond acceptors (Lipinski definition) is 4. The van der Waals surface area contributed by atoms with Crippen LogP contribution in [0.15, 0.2) is 35.8 Å². The molecular formula is C13H13N3O2S. The van der Waals surface area contributed by atoms with Crippen LogP contribution < -0.4 is 15.4 Å². The van der Waals surface area contributed by atoms with E-state index in [4.69, 9.17) is 4.74 Å². The highest BCUT2D eigenvalue weighted by molar-refractivity contribution is 7.13. The Morgan fingerprint density at radius 2 is 2.32 bits per heavy atom. The molecule has 0 unspecified atom stereocenters. The van der Waals surface area contributed by atoms with Crippen LogP contribution in [0.4, 0.5) is 9.93 Å². The summed E-state index contributed by atoms with van der Waals surface area (Å²) in [6.45, 7) is 0.610. The number of rotatable bonds is 2. The van der Waals surface area contributed by atoms with Gasteiger partial charge in [-0.05, 0) is 6.07 Å². The number of fused-ring (bicyclic) bond motifs is 1. The van der Waals surface area contributed by atoms with Gasteiger partial charge in [0.25, 0.3) is 0 Å². The van der Waals surface area contributed by atoms with Crippen LogP contribution in [0.2, 0.25) is 0 Å². The number of nitrogens with zero attached hydrogens (tertiary/aromatic N) is 1. The summed E-state index contributed by atoms with van der Waals surface area (Å²) in [5.74, 6) is 0.841. The Balaban J connectivity index is 1.69. The van der Waals surface area contributed by atoms with E-state index in [9.17, 15) is 4.79 Å². The molecular weight excluding hydrogens is 262 g/mol. The van der Waals surface area contributed by atoms with Crippen LogP contribution in [0.3, 0.4) is 0 Å². The number of ether oxygens (including phenoxy) is 1. The summed E-state index contributed by atoms with van der Waals surface area (Å²) in [5, 5.41) is 8.08. The van der Waals surface area contributed by atoms with Crippen molar-refractivity contribution in [1.82, 2.24) is 10.3 Å². The van der Waals surface area contributed by atoms with Crippen LogP contribution in [0.5, 0.6) is 5.75 Å². The molecule has 19 heavy (non-hydrogen) atoms. The monoisotopic (exact) mass is 275 g/mol. The van der Waals surface area contributed by atoms with Crippen molar-refractivity contribution in [3.8, 4) is 5.75 Å². The minimum absolute atomic E-state index is 0.0232. The first-order valence-corrected chi connectivity index (χ1v) is 6.89. The van der Waals surface area contributed by atoms with Gasteiger partial charge in [0.05, 0.1) is 12.6 Å². The maximum absolute atomic E-state index is 11.9. The van der Waals surface area contributed by atoms with Crippen LogP contribution in [-0.4, -0.2) is 17.6 Å². The summed E-state index contributed by atoms with van der Waals surface area (Å²) in [5.41, 5.74) is 1.02. The number of anilines is 1. The molecule has 0 radical (unpaired) electrons. The standard InChI is InChI=1S/C13H13N3O2S/c17-12(16-13-14-6-8-19-13)15-10-5-7-18-11-4-2-1-3-9(10)11/h1-4,6,8,10H,5,7H2,(H2,14,15,16,17)/t10-/m1/s1. The Kier molecular flexibility index (Phi) is 3.33. The zero-order valence-electron chi connectivity index (χ0n) is 10.1. The Labute approximate surface area is 114 Å². The fourth-order valence-electron chi connectivity index (χ4n) is 2.07. The maximum atomic E-state index is 11.9. The molecule has 1 aliphatic heterocycles. The van der Waals surface area contributed by atoms with Gasteiger partial charge in [-0.3, -0.25) is 5.32 Å². The molecule has 0 saturated heterocycles. The first kappa shape index (κ1) is 12.0. The van der Waals surface area contributed by atoms with Gasteiger partial charge in [-0.15, -0.1) is 11.3 Å². The van der Waals surface area contributed by atoms with E-state index >= 15 is 0 Å². The number of para-hydroxylation sites is 1. The molecule has 0 spiro atoms. The molecule has 2 N–H and O–H groups in total. The van der Waals surface area contributed by atoms with Crippen LogP contribution in [0.1, 0.15) is 18.0 Å². The number of hydrogen-bond donors (Lipinski definition) is 2. The zero-order valence-corrected chi connectivity index (χ0v) is 10.9. The molecule has 2 amide bonds. The fourth-order valence-corrected chi connectivity index (χ4v) is 2.59. The quantitative estimate of drug-likeness (QED) is 0.885. The highest BCUT2D eigenvalue weighted by Crippen LogP contribution is 2.31. The van der Waals surface area contributed by atoms with E-state index < -0.39 is 0 Å². The van der Waals surface area contributed by atoms with Gasteiger partial charge < -0.3 is 10.1 Å². The van der Waals surface area contributed by atoms with Crippen molar-refractivity contribution in [2.75, 3.05) is 11.9 Å². The number of benzene rings is 1. The summed E-state index contributed by atoms with van der Waals surface area (Å²) < 4.78 is 5.56. The Bertz CT molecular complexity index is 571. The summed E-state index contributed by atoms with van der Waals surface area (Å²) >= 11 is 1.39. The van der Waals surface area contributed by atoms with Gasteiger partial charge in [0.1, 0.15) is 5.75 Å². The van der Waals surface area contributed by atoms with Gasteiger partial charge in [-0.25, -0.2) is 9.78 Å². The molecule has 6 heteroatoms. The lowest BCUT2D eigenvalue weighted by Gasteiger charge is -2.26. The summed E-state index contributed by atoms with van der Waals surface area (Å²) in [7, 11) is 0. The predicted octanol–water partition coefficient (Wildman–Crippen LogP) is 2.79. The molecule has 0 bridgehead atoms. The number of thiazole rings is 1. The van der Waals surface area contributed by atoms with Crippen molar-refractivity contribution in [3.63, 3.8) is 0 Å². The Hall–Kier alpha value is -2.08. The third kappa shape index (κ3) is 2.68. The van der Waals surface area contributed by atoms with E-state index in [1.807, 2.05) is 29.6 Å². The minimum Gasteiger partial charge on any atom is -0.493 e. The van der Waals surface area contributed by atoms with E-state index in [1.165, 1.54) is 11.3 Å². The van der Waals surface area contributed by atoms with Gasteiger partial charge in [0.15, 0.2) is 5.13 Å². The first-order chi connectivity index (χ1) is 9.33. The van der Waals surface area contributed by atoms with E-state index in [-0.39, 0.29) is 12.1 Å². The average molecular weight is 275 g/mol. The highest BCUT2D eigenvalue weighted by atomic mass is 32.1. The number of carbonyl (C=O) groups is 1. The van der Waals surface area contributed by atoms with E-state index in [2.05, 4.69) is 15.6 Å². The lowest BCUT2D eigenvalue weighted by molar-refractivity contribution is 0.232. The molecule has 2 aromatic rings. The second kappa shape index (κ2) is 5.27. The van der Waals surface area contributed by atoms with Gasteiger partial charge in [-0.1, -0.05) is 18.2 Å². The van der Waals surface area contributed by atoms with Crippen molar-refractivity contribution < 1.29 is 9.53 Å². The van der Waals surface area contributed by atoms with Crippen molar-refractivity contribution in [2.45, 2.75) is 12.5 Å². The Morgan fingerprint density at radius 1 is 1.42 bits per heavy atom. The van der Waals surface area contributed by atoms with E-state index in [0.717, 1.165) is 17.7 Å². The first-order valence-electron chi connectivity index (χ1n) is 6.01. The SMILES string of the molecule is O=C(Nc1nccs1)N[C@@H]1CCOc2ccccc21. The lowest BCUT2D eigenvalue weighted by atomic mass is 10.0. The van der Waals surface area contributed by atoms with Crippen LogP contribution in [-0.2, 0) is 0 Å². The van der Waals surface area contributed by atoms with E-state index in [1.54, 1.807) is 6.20 Å². The van der Waals surface area contributed by atoms with Crippen molar-refractivity contribution in [1.29, 1.82) is 0 Å². The maximum Gasteiger partial charge on any atom is 0.321 e.